The van der Waals surface area contributed by atoms with E-state index in [0.717, 1.165) is 12.0 Å². The highest BCUT2D eigenvalue weighted by Crippen LogP contribution is 2.36. The van der Waals surface area contributed by atoms with E-state index in [4.69, 9.17) is 14.6 Å². The van der Waals surface area contributed by atoms with E-state index in [9.17, 15) is 13.5 Å². The van der Waals surface area contributed by atoms with Crippen LogP contribution in [-0.4, -0.2) is 72.2 Å². The summed E-state index contributed by atoms with van der Waals surface area (Å²) in [6.07, 6.45) is 1.63. The lowest BCUT2D eigenvalue weighted by Gasteiger charge is -2.22. The van der Waals surface area contributed by atoms with Crippen LogP contribution < -0.4 is 10.5 Å². The minimum absolute atomic E-state index is 0.0341. The van der Waals surface area contributed by atoms with Gasteiger partial charge in [0, 0.05) is 20.6 Å². The Kier molecular flexibility index (Phi) is 6.88. The van der Waals surface area contributed by atoms with E-state index in [-0.39, 0.29) is 18.7 Å². The lowest BCUT2D eigenvalue weighted by Crippen LogP contribution is -2.37. The predicted molar refractivity (Wildman–Crippen MR) is 118 cm³/mol. The number of fused-ring (bicyclic) bond motifs is 2. The number of aliphatic hydroxyl groups excluding tert-OH is 1. The van der Waals surface area contributed by atoms with Crippen LogP contribution in [0.1, 0.15) is 17.2 Å². The lowest BCUT2D eigenvalue weighted by atomic mass is 10.1. The number of nitrogens with one attached hydrogen (secondary N) is 1. The maximum absolute atomic E-state index is 11.0. The number of imidazole rings is 1. The summed E-state index contributed by atoms with van der Waals surface area (Å²) in [5.41, 5.74) is 3.38. The molecule has 2 heterocycles. The summed E-state index contributed by atoms with van der Waals surface area (Å²) >= 11 is 0. The van der Waals surface area contributed by atoms with Crippen LogP contribution in [0.5, 0.6) is 0 Å². The number of ether oxygens (including phenoxy) is 2. The van der Waals surface area contributed by atoms with Crippen molar-refractivity contribution >= 4 is 27.3 Å². The molecule has 0 spiro atoms. The highest BCUT2D eigenvalue weighted by Gasteiger charge is 2.33. The van der Waals surface area contributed by atoms with Crippen molar-refractivity contribution in [3.8, 4) is 0 Å². The standard InChI is InChI=1S/C20H26N6O6S/c1-30-15-7-12-5-3-4-6-13(12)17(15)25-19-18-20(23-10-22-19)26(11-24-18)8-14(27)16(31-2)9-32-33(21,28)29/h3-6,10-11,14-17,27H,7-9H2,1-2H3,(H2,21,28,29)(H,22,23,25)/t14-,15?,16+,17?/m0/s1. The summed E-state index contributed by atoms with van der Waals surface area (Å²) in [4.78, 5) is 13.1. The van der Waals surface area contributed by atoms with Crippen molar-refractivity contribution in [2.45, 2.75) is 37.3 Å². The molecular formula is C20H26N6O6S. The van der Waals surface area contributed by atoms with Gasteiger partial charge in [0.2, 0.25) is 0 Å². The van der Waals surface area contributed by atoms with Crippen molar-refractivity contribution in [1.82, 2.24) is 19.5 Å². The molecule has 1 aliphatic rings. The number of aliphatic hydroxyl groups is 1. The third-order valence-electron chi connectivity index (χ3n) is 5.69. The molecule has 13 heteroatoms. The van der Waals surface area contributed by atoms with Gasteiger partial charge in [-0.15, -0.1) is 0 Å². The molecule has 33 heavy (non-hydrogen) atoms. The number of hydrogen-bond acceptors (Lipinski definition) is 10. The van der Waals surface area contributed by atoms with Crippen LogP contribution in [0.4, 0.5) is 5.82 Å². The Bertz CT molecular complexity index is 1220. The van der Waals surface area contributed by atoms with Crippen LogP contribution in [0.25, 0.3) is 11.2 Å². The summed E-state index contributed by atoms with van der Waals surface area (Å²) < 4.78 is 39.1. The van der Waals surface area contributed by atoms with Gasteiger partial charge in [-0.1, -0.05) is 24.3 Å². The normalized spacial score (nSPS) is 20.0. The molecule has 4 rings (SSSR count). The van der Waals surface area contributed by atoms with Gasteiger partial charge in [-0.25, -0.2) is 20.1 Å². The van der Waals surface area contributed by atoms with Gasteiger partial charge in [0.25, 0.3) is 0 Å². The molecule has 2 unspecified atom stereocenters. The van der Waals surface area contributed by atoms with Crippen LogP contribution >= 0.6 is 0 Å². The molecule has 0 aliphatic heterocycles. The molecule has 2 aromatic heterocycles. The first-order valence-electron chi connectivity index (χ1n) is 10.2. The first-order valence-corrected chi connectivity index (χ1v) is 11.7. The van der Waals surface area contributed by atoms with Crippen molar-refractivity contribution < 1.29 is 27.2 Å². The minimum Gasteiger partial charge on any atom is -0.388 e. The van der Waals surface area contributed by atoms with Gasteiger partial charge in [0.15, 0.2) is 11.5 Å². The minimum atomic E-state index is -4.15. The van der Waals surface area contributed by atoms with Gasteiger partial charge in [0.05, 0.1) is 31.6 Å². The maximum Gasteiger partial charge on any atom is 0.333 e. The number of methoxy groups -OCH3 is 2. The smallest absolute Gasteiger partial charge is 0.333 e. The van der Waals surface area contributed by atoms with E-state index in [1.54, 1.807) is 11.7 Å². The first kappa shape index (κ1) is 23.5. The molecule has 4 atom stereocenters. The van der Waals surface area contributed by atoms with Crippen LogP contribution in [0.3, 0.4) is 0 Å². The van der Waals surface area contributed by atoms with Gasteiger partial charge in [-0.05, 0) is 11.1 Å². The Morgan fingerprint density at radius 2 is 2.06 bits per heavy atom. The van der Waals surface area contributed by atoms with Gasteiger partial charge in [-0.2, -0.15) is 8.42 Å². The second-order valence-corrected chi connectivity index (χ2v) is 8.93. The summed E-state index contributed by atoms with van der Waals surface area (Å²) in [6.45, 7) is -0.392. The largest absolute Gasteiger partial charge is 0.388 e. The average molecular weight is 479 g/mol. The fourth-order valence-electron chi connectivity index (χ4n) is 4.03. The summed E-state index contributed by atoms with van der Waals surface area (Å²) in [7, 11) is -1.14. The molecule has 0 saturated carbocycles. The van der Waals surface area contributed by atoms with Crippen LogP contribution in [0, 0.1) is 0 Å². The Morgan fingerprint density at radius 3 is 2.79 bits per heavy atom. The number of rotatable bonds is 10. The zero-order valence-electron chi connectivity index (χ0n) is 18.2. The second kappa shape index (κ2) is 9.67. The van der Waals surface area contributed by atoms with Gasteiger partial charge in [0.1, 0.15) is 24.1 Å². The highest BCUT2D eigenvalue weighted by molar-refractivity contribution is 7.84. The molecule has 0 radical (unpaired) electrons. The molecular weight excluding hydrogens is 452 g/mol. The van der Waals surface area contributed by atoms with Crippen LogP contribution in [0.15, 0.2) is 36.9 Å². The number of nitrogens with zero attached hydrogens (tertiary/aromatic N) is 4. The van der Waals surface area contributed by atoms with E-state index in [2.05, 4.69) is 36.6 Å². The molecule has 1 aromatic carbocycles. The Labute approximate surface area is 191 Å². The number of aromatic nitrogens is 4. The third-order valence-corrected chi connectivity index (χ3v) is 6.16. The van der Waals surface area contributed by atoms with E-state index in [0.29, 0.717) is 17.0 Å². The van der Waals surface area contributed by atoms with E-state index in [1.807, 2.05) is 12.1 Å². The fraction of sp³-hybridized carbons (Fsp3) is 0.450. The van der Waals surface area contributed by atoms with E-state index in [1.165, 1.54) is 25.3 Å². The zero-order valence-corrected chi connectivity index (χ0v) is 19.0. The van der Waals surface area contributed by atoms with Gasteiger partial charge in [-0.3, -0.25) is 4.18 Å². The van der Waals surface area contributed by atoms with E-state index >= 15 is 0 Å². The Balaban J connectivity index is 1.55. The fourth-order valence-corrected chi connectivity index (χ4v) is 4.36. The van der Waals surface area contributed by atoms with Crippen LogP contribution in [0.2, 0.25) is 0 Å². The number of nitrogens with two attached hydrogens (primary N) is 1. The topological polar surface area (TPSA) is 164 Å². The van der Waals surface area contributed by atoms with Crippen LogP contribution in [-0.2, 0) is 36.9 Å². The van der Waals surface area contributed by atoms with E-state index < -0.39 is 29.1 Å². The van der Waals surface area contributed by atoms with Crippen molar-refractivity contribution in [3.05, 3.63) is 48.0 Å². The van der Waals surface area contributed by atoms with Crippen molar-refractivity contribution in [3.63, 3.8) is 0 Å². The van der Waals surface area contributed by atoms with Gasteiger partial charge >= 0.3 is 10.3 Å². The summed E-state index contributed by atoms with van der Waals surface area (Å²) in [5, 5.41) is 18.8. The molecule has 4 N–H and O–H groups in total. The maximum atomic E-state index is 11.0. The van der Waals surface area contributed by atoms with Crippen molar-refractivity contribution in [2.75, 3.05) is 26.1 Å². The number of anilines is 1. The molecule has 0 bridgehead atoms. The molecule has 0 saturated heterocycles. The highest BCUT2D eigenvalue weighted by atomic mass is 32.2. The monoisotopic (exact) mass is 478 g/mol. The number of benzene rings is 1. The quantitative estimate of drug-likeness (QED) is 0.365. The molecule has 0 fully saturated rings. The lowest BCUT2D eigenvalue weighted by molar-refractivity contribution is -0.0403. The van der Waals surface area contributed by atoms with Gasteiger partial charge < -0.3 is 24.5 Å². The average Bonchev–Trinajstić information content (AvgIpc) is 3.35. The van der Waals surface area contributed by atoms with Crippen molar-refractivity contribution in [1.29, 1.82) is 0 Å². The second-order valence-electron chi connectivity index (χ2n) is 7.71. The molecule has 1 aliphatic carbocycles. The zero-order chi connectivity index (χ0) is 23.6. The van der Waals surface area contributed by atoms with Crippen molar-refractivity contribution in [2.24, 2.45) is 5.14 Å². The third kappa shape index (κ3) is 5.13. The SMILES string of the molecule is COC1Cc2ccccc2C1Nc1ncnc2c1ncn2C[C@H](O)[C@@H](COS(N)(=O)=O)OC. The first-order chi connectivity index (χ1) is 15.8. The molecule has 178 valence electrons. The predicted octanol–water partition coefficient (Wildman–Crippen LogP) is 0.147. The molecule has 0 amide bonds. The molecule has 12 nitrogen and oxygen atoms in total. The Morgan fingerprint density at radius 1 is 1.27 bits per heavy atom. The number of hydrogen-bond donors (Lipinski definition) is 3. The Hall–Kier alpha value is -2.68. The summed E-state index contributed by atoms with van der Waals surface area (Å²) in [5.74, 6) is 0.540. The molecule has 3 aromatic rings. The summed E-state index contributed by atoms with van der Waals surface area (Å²) in [6, 6.07) is 8.04.